The van der Waals surface area contributed by atoms with E-state index in [0.29, 0.717) is 11.4 Å². The van der Waals surface area contributed by atoms with E-state index in [0.717, 1.165) is 10.5 Å². The van der Waals surface area contributed by atoms with Gasteiger partial charge in [-0.1, -0.05) is 6.07 Å². The number of hydrogen-bond donors (Lipinski definition) is 3. The Morgan fingerprint density at radius 2 is 2.26 bits per heavy atom. The Labute approximate surface area is 109 Å². The van der Waals surface area contributed by atoms with Gasteiger partial charge in [-0.2, -0.15) is 0 Å². The fourth-order valence-electron chi connectivity index (χ4n) is 1.81. The molecule has 7 heteroatoms. The van der Waals surface area contributed by atoms with Gasteiger partial charge in [-0.05, 0) is 17.7 Å². The number of nitrogens with zero attached hydrogens (tertiary/aromatic N) is 1. The molecule has 1 aromatic carbocycles. The molecule has 0 aromatic heterocycles. The summed E-state index contributed by atoms with van der Waals surface area (Å²) in [6, 6.07) is 3.86. The lowest BCUT2D eigenvalue weighted by Crippen LogP contribution is -2.51. The molecule has 7 nitrogen and oxygen atoms in total. The fraction of sp³-hybridized carbons (Fsp3) is 0.333. The number of ether oxygens (including phenoxy) is 1. The third kappa shape index (κ3) is 2.43. The first-order valence-corrected chi connectivity index (χ1v) is 5.77. The average Bonchev–Trinajstić information content (AvgIpc) is 2.44. The number of anilines is 1. The number of aliphatic hydroxyl groups is 1. The second kappa shape index (κ2) is 5.35. The zero-order chi connectivity index (χ0) is 14.0. The lowest BCUT2D eigenvalue weighted by atomic mass is 10.1. The maximum Gasteiger partial charge on any atom is 0.271 e. The maximum atomic E-state index is 12.0. The third-order valence-corrected chi connectivity index (χ3v) is 2.83. The Morgan fingerprint density at radius 3 is 2.89 bits per heavy atom. The predicted octanol–water partition coefficient (Wildman–Crippen LogP) is -1.28. The summed E-state index contributed by atoms with van der Waals surface area (Å²) in [6.45, 7) is -0.496. The minimum Gasteiger partial charge on any atom is -0.482 e. The first-order chi connectivity index (χ1) is 9.08. The second-order valence-electron chi connectivity index (χ2n) is 4.15. The lowest BCUT2D eigenvalue weighted by molar-refractivity contribution is -0.129. The quantitative estimate of drug-likeness (QED) is 0.626. The molecular formula is C12H15N3O4. The number of carbonyl (C=O) groups is 2. The van der Waals surface area contributed by atoms with Gasteiger partial charge in [-0.15, -0.1) is 0 Å². The Kier molecular flexibility index (Phi) is 3.79. The SMILES string of the molecule is NCc1ccc2c(c1)N(C(=O)C(N)CO)C(=O)CO2. The summed E-state index contributed by atoms with van der Waals surface area (Å²) in [7, 11) is 0. The summed E-state index contributed by atoms with van der Waals surface area (Å²) < 4.78 is 5.24. The molecule has 5 N–H and O–H groups in total. The molecule has 0 saturated heterocycles. The van der Waals surface area contributed by atoms with Crippen molar-refractivity contribution in [1.82, 2.24) is 0 Å². The van der Waals surface area contributed by atoms with Crippen LogP contribution in [-0.2, 0) is 16.1 Å². The summed E-state index contributed by atoms with van der Waals surface area (Å²) in [5.41, 5.74) is 12.1. The summed E-state index contributed by atoms with van der Waals surface area (Å²) >= 11 is 0. The molecule has 1 aromatic rings. The summed E-state index contributed by atoms with van der Waals surface area (Å²) in [4.78, 5) is 24.8. The number of amides is 2. The molecule has 1 aliphatic heterocycles. The zero-order valence-electron chi connectivity index (χ0n) is 10.2. The molecule has 1 atom stereocenters. The molecule has 19 heavy (non-hydrogen) atoms. The van der Waals surface area contributed by atoms with Crippen LogP contribution in [0.1, 0.15) is 5.56 Å². The molecule has 1 aliphatic rings. The van der Waals surface area contributed by atoms with Crippen molar-refractivity contribution in [3.05, 3.63) is 23.8 Å². The molecule has 0 fully saturated rings. The van der Waals surface area contributed by atoms with Crippen molar-refractivity contribution in [2.24, 2.45) is 11.5 Å². The van der Waals surface area contributed by atoms with E-state index >= 15 is 0 Å². The highest BCUT2D eigenvalue weighted by molar-refractivity contribution is 6.18. The molecule has 0 bridgehead atoms. The Hall–Kier alpha value is -1.96. The molecule has 0 spiro atoms. The number of fused-ring (bicyclic) bond motifs is 1. The van der Waals surface area contributed by atoms with E-state index in [4.69, 9.17) is 21.3 Å². The van der Waals surface area contributed by atoms with Crippen molar-refractivity contribution in [2.45, 2.75) is 12.6 Å². The van der Waals surface area contributed by atoms with E-state index in [9.17, 15) is 9.59 Å². The highest BCUT2D eigenvalue weighted by atomic mass is 16.5. The number of rotatable bonds is 3. The highest BCUT2D eigenvalue weighted by Gasteiger charge is 2.33. The second-order valence-corrected chi connectivity index (χ2v) is 4.15. The van der Waals surface area contributed by atoms with Gasteiger partial charge in [0.05, 0.1) is 12.3 Å². The monoisotopic (exact) mass is 265 g/mol. The van der Waals surface area contributed by atoms with Crippen LogP contribution in [0.3, 0.4) is 0 Å². The van der Waals surface area contributed by atoms with Gasteiger partial charge in [0.25, 0.3) is 11.8 Å². The van der Waals surface area contributed by atoms with Crippen LogP contribution in [0.15, 0.2) is 18.2 Å². The summed E-state index contributed by atoms with van der Waals surface area (Å²) in [5, 5.41) is 8.94. The van der Waals surface area contributed by atoms with Gasteiger partial charge < -0.3 is 21.3 Å². The van der Waals surface area contributed by atoms with Gasteiger partial charge in [0.15, 0.2) is 6.61 Å². The standard InChI is InChI=1S/C12H15N3O4/c13-4-7-1-2-10-9(3-7)15(11(17)6-19-10)12(18)8(14)5-16/h1-3,8,16H,4-6,13-14H2. The number of aliphatic hydroxyl groups excluding tert-OH is 1. The van der Waals surface area contributed by atoms with Gasteiger partial charge in [0, 0.05) is 6.54 Å². The summed E-state index contributed by atoms with van der Waals surface area (Å²) in [6.07, 6.45) is 0. The Bertz CT molecular complexity index is 518. The van der Waals surface area contributed by atoms with E-state index in [1.165, 1.54) is 0 Å². The topological polar surface area (TPSA) is 119 Å². The van der Waals surface area contributed by atoms with Crippen LogP contribution in [0.4, 0.5) is 5.69 Å². The van der Waals surface area contributed by atoms with Crippen molar-refractivity contribution in [3.8, 4) is 5.75 Å². The number of carbonyl (C=O) groups excluding carboxylic acids is 2. The van der Waals surface area contributed by atoms with Crippen LogP contribution in [0.25, 0.3) is 0 Å². The number of imide groups is 1. The molecule has 1 unspecified atom stereocenters. The molecule has 0 radical (unpaired) electrons. The average molecular weight is 265 g/mol. The van der Waals surface area contributed by atoms with Crippen molar-refractivity contribution < 1.29 is 19.4 Å². The summed E-state index contributed by atoms with van der Waals surface area (Å²) in [5.74, 6) is -0.767. The van der Waals surface area contributed by atoms with E-state index in [1.54, 1.807) is 18.2 Å². The minimum atomic E-state index is -1.14. The molecule has 2 amide bonds. The normalized spacial score (nSPS) is 15.7. The van der Waals surface area contributed by atoms with Crippen LogP contribution < -0.4 is 21.1 Å². The van der Waals surface area contributed by atoms with Crippen LogP contribution in [0, 0.1) is 0 Å². The van der Waals surface area contributed by atoms with Crippen molar-refractivity contribution in [3.63, 3.8) is 0 Å². The third-order valence-electron chi connectivity index (χ3n) is 2.83. The first-order valence-electron chi connectivity index (χ1n) is 5.77. The minimum absolute atomic E-state index is 0.237. The molecule has 0 saturated carbocycles. The maximum absolute atomic E-state index is 12.0. The van der Waals surface area contributed by atoms with Crippen molar-refractivity contribution >= 4 is 17.5 Å². The van der Waals surface area contributed by atoms with Gasteiger partial charge in [-0.25, -0.2) is 4.90 Å². The largest absolute Gasteiger partial charge is 0.482 e. The zero-order valence-corrected chi connectivity index (χ0v) is 10.2. The van der Waals surface area contributed by atoms with E-state index < -0.39 is 24.5 Å². The molecule has 1 heterocycles. The van der Waals surface area contributed by atoms with Gasteiger partial charge in [-0.3, -0.25) is 9.59 Å². The molecule has 2 rings (SSSR count). The van der Waals surface area contributed by atoms with Crippen LogP contribution >= 0.6 is 0 Å². The van der Waals surface area contributed by atoms with Crippen LogP contribution in [-0.4, -0.2) is 36.2 Å². The number of nitrogens with two attached hydrogens (primary N) is 2. The van der Waals surface area contributed by atoms with Gasteiger partial charge >= 0.3 is 0 Å². The van der Waals surface area contributed by atoms with E-state index in [2.05, 4.69) is 0 Å². The molecular weight excluding hydrogens is 250 g/mol. The van der Waals surface area contributed by atoms with Crippen LogP contribution in [0.5, 0.6) is 5.75 Å². The van der Waals surface area contributed by atoms with Crippen molar-refractivity contribution in [1.29, 1.82) is 0 Å². The number of benzene rings is 1. The molecule has 102 valence electrons. The van der Waals surface area contributed by atoms with Crippen LogP contribution in [0.2, 0.25) is 0 Å². The van der Waals surface area contributed by atoms with Gasteiger partial charge in [0.1, 0.15) is 11.8 Å². The Morgan fingerprint density at radius 1 is 1.53 bits per heavy atom. The van der Waals surface area contributed by atoms with Crippen molar-refractivity contribution in [2.75, 3.05) is 18.1 Å². The van der Waals surface area contributed by atoms with E-state index in [-0.39, 0.29) is 13.2 Å². The first kappa shape index (κ1) is 13.5. The Balaban J connectivity index is 2.44. The fourth-order valence-corrected chi connectivity index (χ4v) is 1.81. The van der Waals surface area contributed by atoms with E-state index in [1.807, 2.05) is 0 Å². The highest BCUT2D eigenvalue weighted by Crippen LogP contribution is 2.33. The predicted molar refractivity (Wildman–Crippen MR) is 67.4 cm³/mol. The van der Waals surface area contributed by atoms with Gasteiger partial charge in [0.2, 0.25) is 0 Å². The molecule has 0 aliphatic carbocycles. The lowest BCUT2D eigenvalue weighted by Gasteiger charge is -2.29. The number of hydrogen-bond acceptors (Lipinski definition) is 6. The smallest absolute Gasteiger partial charge is 0.271 e.